The molecule has 4 nitrogen and oxygen atoms in total. The molecule has 0 saturated carbocycles. The fraction of sp³-hybridized carbons (Fsp3) is 0.615. The first-order valence-corrected chi connectivity index (χ1v) is 6.14. The average molecular weight is 236 g/mol. The summed E-state index contributed by atoms with van der Waals surface area (Å²) >= 11 is 0. The van der Waals surface area contributed by atoms with E-state index in [1.54, 1.807) is 0 Å². The fourth-order valence-electron chi connectivity index (χ4n) is 2.31. The van der Waals surface area contributed by atoms with Crippen molar-refractivity contribution >= 4 is 5.91 Å². The first-order valence-electron chi connectivity index (χ1n) is 6.14. The van der Waals surface area contributed by atoms with E-state index < -0.39 is 0 Å². The van der Waals surface area contributed by atoms with Crippen LogP contribution in [0.15, 0.2) is 4.42 Å². The fourth-order valence-corrected chi connectivity index (χ4v) is 2.31. The van der Waals surface area contributed by atoms with E-state index in [1.165, 1.54) is 0 Å². The number of hydrogen-bond donors (Lipinski definition) is 1. The van der Waals surface area contributed by atoms with Gasteiger partial charge in [-0.25, -0.2) is 0 Å². The molecule has 0 aliphatic carbocycles. The van der Waals surface area contributed by atoms with E-state index in [9.17, 15) is 4.79 Å². The number of aryl methyl sites for hydroxylation is 2. The molecule has 1 aromatic rings. The van der Waals surface area contributed by atoms with Crippen LogP contribution in [-0.4, -0.2) is 36.5 Å². The van der Waals surface area contributed by atoms with Crippen molar-refractivity contribution in [2.24, 2.45) is 0 Å². The molecule has 4 heteroatoms. The molecule has 1 aliphatic heterocycles. The summed E-state index contributed by atoms with van der Waals surface area (Å²) in [4.78, 5) is 14.4. The van der Waals surface area contributed by atoms with E-state index in [0.717, 1.165) is 42.3 Å². The highest BCUT2D eigenvalue weighted by Gasteiger charge is 2.30. The van der Waals surface area contributed by atoms with E-state index in [1.807, 2.05) is 32.6 Å². The first-order chi connectivity index (χ1) is 8.06. The molecule has 1 aliphatic rings. The Kier molecular flexibility index (Phi) is 3.24. The second-order valence-electron chi connectivity index (χ2n) is 4.62. The number of amides is 1. The van der Waals surface area contributed by atoms with Gasteiger partial charge < -0.3 is 14.6 Å². The molecule has 0 atom stereocenters. The monoisotopic (exact) mass is 236 g/mol. The molecule has 0 aromatic carbocycles. The summed E-state index contributed by atoms with van der Waals surface area (Å²) in [7, 11) is 0. The highest BCUT2D eigenvalue weighted by Crippen LogP contribution is 2.23. The van der Waals surface area contributed by atoms with Gasteiger partial charge in [0, 0.05) is 25.2 Å². The van der Waals surface area contributed by atoms with Crippen molar-refractivity contribution in [3.63, 3.8) is 0 Å². The third-order valence-electron chi connectivity index (χ3n) is 3.58. The van der Waals surface area contributed by atoms with Gasteiger partial charge in [0.1, 0.15) is 11.5 Å². The molecule has 2 heterocycles. The van der Waals surface area contributed by atoms with E-state index in [-0.39, 0.29) is 5.91 Å². The smallest absolute Gasteiger partial charge is 0.258 e. The van der Waals surface area contributed by atoms with Gasteiger partial charge in [0.25, 0.3) is 5.91 Å². The summed E-state index contributed by atoms with van der Waals surface area (Å²) in [5.41, 5.74) is 1.72. The second kappa shape index (κ2) is 4.53. The lowest BCUT2D eigenvalue weighted by atomic mass is 10.1. The van der Waals surface area contributed by atoms with Crippen LogP contribution < -0.4 is 5.32 Å². The molecular weight excluding hydrogens is 216 g/mol. The van der Waals surface area contributed by atoms with Crippen LogP contribution in [0.3, 0.4) is 0 Å². The van der Waals surface area contributed by atoms with E-state index in [0.29, 0.717) is 6.04 Å². The van der Waals surface area contributed by atoms with Crippen molar-refractivity contribution in [2.75, 3.05) is 19.6 Å². The Morgan fingerprint density at radius 3 is 2.35 bits per heavy atom. The van der Waals surface area contributed by atoms with Crippen molar-refractivity contribution in [2.45, 2.75) is 33.7 Å². The number of nitrogens with one attached hydrogen (secondary N) is 1. The quantitative estimate of drug-likeness (QED) is 0.867. The van der Waals surface area contributed by atoms with Crippen molar-refractivity contribution in [1.29, 1.82) is 0 Å². The lowest BCUT2D eigenvalue weighted by Gasteiger charge is -2.37. The van der Waals surface area contributed by atoms with Crippen LogP contribution in [0, 0.1) is 20.8 Å². The van der Waals surface area contributed by atoms with Crippen LogP contribution in [0.4, 0.5) is 0 Å². The lowest BCUT2D eigenvalue weighted by molar-refractivity contribution is 0.0628. The van der Waals surface area contributed by atoms with Crippen LogP contribution in [0.5, 0.6) is 0 Å². The molecule has 1 fully saturated rings. The van der Waals surface area contributed by atoms with Crippen LogP contribution in [-0.2, 0) is 0 Å². The predicted octanol–water partition coefficient (Wildman–Crippen LogP) is 1.64. The molecular formula is C13H20N2O2. The van der Waals surface area contributed by atoms with Crippen molar-refractivity contribution < 1.29 is 9.21 Å². The number of hydrogen-bond acceptors (Lipinski definition) is 3. The molecule has 1 saturated heterocycles. The van der Waals surface area contributed by atoms with Crippen LogP contribution in [0.1, 0.15) is 34.4 Å². The van der Waals surface area contributed by atoms with Gasteiger partial charge in [-0.1, -0.05) is 0 Å². The van der Waals surface area contributed by atoms with Crippen molar-refractivity contribution in [3.8, 4) is 0 Å². The normalized spacial score (nSPS) is 15.8. The molecule has 17 heavy (non-hydrogen) atoms. The molecule has 94 valence electrons. The predicted molar refractivity (Wildman–Crippen MR) is 66.3 cm³/mol. The van der Waals surface area contributed by atoms with Gasteiger partial charge in [-0.05, 0) is 27.7 Å². The first kappa shape index (κ1) is 12.2. The Bertz CT molecular complexity index is 433. The lowest BCUT2D eigenvalue weighted by Crippen LogP contribution is -2.58. The maximum Gasteiger partial charge on any atom is 0.258 e. The van der Waals surface area contributed by atoms with Gasteiger partial charge in [0.05, 0.1) is 11.6 Å². The topological polar surface area (TPSA) is 45.5 Å². The number of carbonyl (C=O) groups is 1. The van der Waals surface area contributed by atoms with Crippen LogP contribution in [0.2, 0.25) is 0 Å². The Balaban J connectivity index is 2.28. The standard InChI is InChI=1S/C13H20N2O2/c1-5-15(11-6-14-7-11)13(16)12-8(2)9(3)17-10(12)4/h11,14H,5-7H2,1-4H3. The summed E-state index contributed by atoms with van der Waals surface area (Å²) in [6, 6.07) is 0.335. The SMILES string of the molecule is CCN(C(=O)c1c(C)oc(C)c1C)C1CNC1. The van der Waals surface area contributed by atoms with Crippen molar-refractivity contribution in [3.05, 3.63) is 22.6 Å². The Morgan fingerprint density at radius 2 is 2.00 bits per heavy atom. The molecule has 0 spiro atoms. The van der Waals surface area contributed by atoms with Crippen LogP contribution >= 0.6 is 0 Å². The second-order valence-corrected chi connectivity index (χ2v) is 4.62. The minimum Gasteiger partial charge on any atom is -0.466 e. The highest BCUT2D eigenvalue weighted by molar-refractivity contribution is 5.97. The summed E-state index contributed by atoms with van der Waals surface area (Å²) in [5, 5.41) is 3.20. The maximum absolute atomic E-state index is 12.5. The molecule has 1 aromatic heterocycles. The third-order valence-corrected chi connectivity index (χ3v) is 3.58. The third kappa shape index (κ3) is 1.97. The largest absolute Gasteiger partial charge is 0.466 e. The average Bonchev–Trinajstić information content (AvgIpc) is 2.46. The minimum atomic E-state index is 0.103. The number of nitrogens with zero attached hydrogens (tertiary/aromatic N) is 1. The van der Waals surface area contributed by atoms with Crippen LogP contribution in [0.25, 0.3) is 0 Å². The van der Waals surface area contributed by atoms with Gasteiger partial charge in [-0.2, -0.15) is 0 Å². The van der Waals surface area contributed by atoms with Gasteiger partial charge in [-0.3, -0.25) is 4.79 Å². The molecule has 0 radical (unpaired) electrons. The molecule has 0 unspecified atom stereocenters. The Morgan fingerprint density at radius 1 is 1.35 bits per heavy atom. The van der Waals surface area contributed by atoms with Gasteiger partial charge in [-0.15, -0.1) is 0 Å². The number of likely N-dealkylation sites (N-methyl/N-ethyl adjacent to an activating group) is 1. The van der Waals surface area contributed by atoms with E-state index in [4.69, 9.17) is 4.42 Å². The van der Waals surface area contributed by atoms with Gasteiger partial charge in [0.15, 0.2) is 0 Å². The summed E-state index contributed by atoms with van der Waals surface area (Å²) in [6.07, 6.45) is 0. The van der Waals surface area contributed by atoms with Crippen molar-refractivity contribution in [1.82, 2.24) is 10.2 Å². The zero-order chi connectivity index (χ0) is 12.6. The zero-order valence-electron chi connectivity index (χ0n) is 11.0. The molecule has 2 rings (SSSR count). The minimum absolute atomic E-state index is 0.103. The molecule has 1 amide bonds. The highest BCUT2D eigenvalue weighted by atomic mass is 16.3. The maximum atomic E-state index is 12.5. The number of furan rings is 1. The Hall–Kier alpha value is -1.29. The van der Waals surface area contributed by atoms with E-state index >= 15 is 0 Å². The van der Waals surface area contributed by atoms with Gasteiger partial charge in [0.2, 0.25) is 0 Å². The Labute approximate surface area is 102 Å². The molecule has 1 N–H and O–H groups in total. The zero-order valence-corrected chi connectivity index (χ0v) is 11.0. The summed E-state index contributed by atoms with van der Waals surface area (Å²) < 4.78 is 5.53. The molecule has 0 bridgehead atoms. The summed E-state index contributed by atoms with van der Waals surface area (Å²) in [5.74, 6) is 1.68. The number of carbonyl (C=O) groups excluding carboxylic acids is 1. The number of rotatable bonds is 3. The van der Waals surface area contributed by atoms with Gasteiger partial charge >= 0.3 is 0 Å². The van der Waals surface area contributed by atoms with E-state index in [2.05, 4.69) is 5.32 Å². The summed E-state index contributed by atoms with van der Waals surface area (Å²) in [6.45, 7) is 10.3.